The minimum atomic E-state index is -1.22. The third kappa shape index (κ3) is 2.76. The summed E-state index contributed by atoms with van der Waals surface area (Å²) in [5.74, 6) is -1.57. The molecule has 0 aromatic rings. The molecule has 3 fully saturated rings. The second-order valence-corrected chi connectivity index (χ2v) is 7.75. The van der Waals surface area contributed by atoms with Crippen molar-refractivity contribution in [1.29, 1.82) is 0 Å². The fourth-order valence-electron chi connectivity index (χ4n) is 4.04. The van der Waals surface area contributed by atoms with Gasteiger partial charge in [-0.25, -0.2) is 0 Å². The van der Waals surface area contributed by atoms with E-state index in [0.717, 1.165) is 0 Å². The summed E-state index contributed by atoms with van der Waals surface area (Å²) in [5, 5.41) is 10.9. The molecular formula is C17H26O8. The molecule has 0 saturated carbocycles. The van der Waals surface area contributed by atoms with Gasteiger partial charge in [-0.2, -0.15) is 0 Å². The SMILES string of the molecule is CO[C@H]1C=C[C@@H](O)[C@@]2(O1)[C@@H]([C@@H]1COC(C)(C)O1)O[C@@H]1OC(C)(C)O[C@@H]12. The Labute approximate surface area is 146 Å². The van der Waals surface area contributed by atoms with Crippen LogP contribution in [0.25, 0.3) is 0 Å². The molecule has 0 bridgehead atoms. The van der Waals surface area contributed by atoms with Crippen LogP contribution in [0.5, 0.6) is 0 Å². The van der Waals surface area contributed by atoms with Gasteiger partial charge in [-0.1, -0.05) is 6.08 Å². The average molecular weight is 358 g/mol. The first-order valence-electron chi connectivity index (χ1n) is 8.57. The van der Waals surface area contributed by atoms with Crippen molar-refractivity contribution in [3.05, 3.63) is 12.2 Å². The lowest BCUT2D eigenvalue weighted by Crippen LogP contribution is -2.64. The molecule has 8 heteroatoms. The van der Waals surface area contributed by atoms with Crippen molar-refractivity contribution in [3.63, 3.8) is 0 Å². The lowest BCUT2D eigenvalue weighted by molar-refractivity contribution is -0.296. The highest BCUT2D eigenvalue weighted by Crippen LogP contribution is 2.51. The van der Waals surface area contributed by atoms with Crippen molar-refractivity contribution in [3.8, 4) is 0 Å². The van der Waals surface area contributed by atoms with Crippen molar-refractivity contribution in [2.45, 2.75) is 81.9 Å². The van der Waals surface area contributed by atoms with Gasteiger partial charge in [0.1, 0.15) is 24.4 Å². The molecule has 3 saturated heterocycles. The third-order valence-corrected chi connectivity index (χ3v) is 5.06. The van der Waals surface area contributed by atoms with Crippen molar-refractivity contribution in [2.24, 2.45) is 0 Å². The number of fused-ring (bicyclic) bond motifs is 2. The maximum atomic E-state index is 10.9. The summed E-state index contributed by atoms with van der Waals surface area (Å²) < 4.78 is 41.2. The zero-order valence-electron chi connectivity index (χ0n) is 15.1. The topological polar surface area (TPSA) is 84.8 Å². The van der Waals surface area contributed by atoms with Gasteiger partial charge in [0.15, 0.2) is 29.8 Å². The summed E-state index contributed by atoms with van der Waals surface area (Å²) in [5.41, 5.74) is -1.22. The van der Waals surface area contributed by atoms with Crippen LogP contribution in [0.2, 0.25) is 0 Å². The molecule has 1 N–H and O–H groups in total. The number of aliphatic hydroxyl groups excluding tert-OH is 1. The predicted molar refractivity (Wildman–Crippen MR) is 83.4 cm³/mol. The van der Waals surface area contributed by atoms with Crippen molar-refractivity contribution < 1.29 is 38.3 Å². The highest BCUT2D eigenvalue weighted by Gasteiger charge is 2.71. The van der Waals surface area contributed by atoms with Crippen LogP contribution in [-0.4, -0.2) is 73.0 Å². The standard InChI is InChI=1S/C17H26O8/c1-15(2)20-8-9(22-15)12-17(10(18)6-7-11(19-5)23-17)13-14(21-12)25-16(3,4)24-13/h6-7,9-14,18H,8H2,1-5H3/t9-,10+,11+,12+,13-,14+,17+/m0/s1. The Morgan fingerprint density at radius 2 is 1.72 bits per heavy atom. The van der Waals surface area contributed by atoms with E-state index in [2.05, 4.69) is 0 Å². The third-order valence-electron chi connectivity index (χ3n) is 5.06. The van der Waals surface area contributed by atoms with Gasteiger partial charge in [0, 0.05) is 7.11 Å². The minimum Gasteiger partial charge on any atom is -0.386 e. The second kappa shape index (κ2) is 5.71. The smallest absolute Gasteiger partial charge is 0.190 e. The van der Waals surface area contributed by atoms with Gasteiger partial charge in [0.05, 0.1) is 6.61 Å². The highest BCUT2D eigenvalue weighted by molar-refractivity contribution is 5.20. The number of aliphatic hydroxyl groups is 1. The zero-order valence-corrected chi connectivity index (χ0v) is 15.1. The number of hydrogen-bond donors (Lipinski definition) is 1. The van der Waals surface area contributed by atoms with Crippen LogP contribution in [-0.2, 0) is 33.2 Å². The maximum absolute atomic E-state index is 10.9. The van der Waals surface area contributed by atoms with Crippen molar-refractivity contribution in [1.82, 2.24) is 0 Å². The molecule has 4 heterocycles. The summed E-state index contributed by atoms with van der Waals surface area (Å²) in [6.45, 7) is 7.59. The van der Waals surface area contributed by atoms with Gasteiger partial charge in [0.2, 0.25) is 0 Å². The highest BCUT2D eigenvalue weighted by atomic mass is 16.9. The van der Waals surface area contributed by atoms with E-state index < -0.39 is 54.2 Å². The normalized spacial score (nSPS) is 50.5. The molecule has 4 aliphatic heterocycles. The van der Waals surface area contributed by atoms with Crippen LogP contribution in [0.4, 0.5) is 0 Å². The van der Waals surface area contributed by atoms with E-state index in [1.54, 1.807) is 26.0 Å². The summed E-state index contributed by atoms with van der Waals surface area (Å²) in [6.07, 6.45) is -0.668. The largest absolute Gasteiger partial charge is 0.386 e. The Hall–Kier alpha value is -0.580. The Morgan fingerprint density at radius 1 is 0.960 bits per heavy atom. The number of hydrogen-bond acceptors (Lipinski definition) is 8. The first-order chi connectivity index (χ1) is 11.7. The van der Waals surface area contributed by atoms with E-state index in [9.17, 15) is 5.11 Å². The number of rotatable bonds is 2. The van der Waals surface area contributed by atoms with Gasteiger partial charge in [-0.15, -0.1) is 0 Å². The van der Waals surface area contributed by atoms with Gasteiger partial charge in [-0.05, 0) is 33.8 Å². The molecule has 4 aliphatic rings. The van der Waals surface area contributed by atoms with Gasteiger partial charge < -0.3 is 38.3 Å². The van der Waals surface area contributed by atoms with Crippen LogP contribution in [0.15, 0.2) is 12.2 Å². The fraction of sp³-hybridized carbons (Fsp3) is 0.882. The number of ether oxygens (including phenoxy) is 7. The molecule has 142 valence electrons. The Balaban J connectivity index is 1.71. The van der Waals surface area contributed by atoms with Crippen LogP contribution in [0.1, 0.15) is 27.7 Å². The molecule has 4 rings (SSSR count). The van der Waals surface area contributed by atoms with Crippen molar-refractivity contribution in [2.75, 3.05) is 13.7 Å². The van der Waals surface area contributed by atoms with Crippen LogP contribution in [0.3, 0.4) is 0 Å². The quantitative estimate of drug-likeness (QED) is 0.721. The fourth-order valence-corrected chi connectivity index (χ4v) is 4.04. The van der Waals surface area contributed by atoms with E-state index in [-0.39, 0.29) is 0 Å². The molecular weight excluding hydrogens is 332 g/mol. The van der Waals surface area contributed by atoms with Gasteiger partial charge in [-0.3, -0.25) is 0 Å². The Kier molecular flexibility index (Phi) is 4.07. The predicted octanol–water partition coefficient (Wildman–Crippen LogP) is 0.673. The molecule has 0 amide bonds. The molecule has 0 aromatic heterocycles. The van der Waals surface area contributed by atoms with Gasteiger partial charge in [0.25, 0.3) is 0 Å². The minimum absolute atomic E-state index is 0.319. The lowest BCUT2D eigenvalue weighted by Gasteiger charge is -2.45. The molecule has 25 heavy (non-hydrogen) atoms. The molecule has 8 nitrogen and oxygen atoms in total. The maximum Gasteiger partial charge on any atom is 0.190 e. The van der Waals surface area contributed by atoms with E-state index in [0.29, 0.717) is 6.61 Å². The van der Waals surface area contributed by atoms with Crippen LogP contribution in [0, 0.1) is 0 Å². The first-order valence-corrected chi connectivity index (χ1v) is 8.57. The van der Waals surface area contributed by atoms with Gasteiger partial charge >= 0.3 is 0 Å². The zero-order chi connectivity index (χ0) is 18.0. The van der Waals surface area contributed by atoms with Crippen molar-refractivity contribution >= 4 is 0 Å². The molecule has 0 unspecified atom stereocenters. The molecule has 0 aromatic carbocycles. The average Bonchev–Trinajstić information content (AvgIpc) is 3.12. The summed E-state index contributed by atoms with van der Waals surface area (Å²) in [6, 6.07) is 0. The number of methoxy groups -OCH3 is 1. The lowest BCUT2D eigenvalue weighted by atomic mass is 9.82. The van der Waals surface area contributed by atoms with Crippen LogP contribution < -0.4 is 0 Å². The Bertz CT molecular complexity index is 561. The first kappa shape index (κ1) is 17.8. The van der Waals surface area contributed by atoms with E-state index >= 15 is 0 Å². The van der Waals surface area contributed by atoms with E-state index in [1.807, 2.05) is 13.8 Å². The van der Waals surface area contributed by atoms with E-state index in [1.165, 1.54) is 7.11 Å². The second-order valence-electron chi connectivity index (χ2n) is 7.75. The Morgan fingerprint density at radius 3 is 2.36 bits per heavy atom. The molecule has 1 spiro atoms. The summed E-state index contributed by atoms with van der Waals surface area (Å²) in [7, 11) is 1.54. The molecule has 0 aliphatic carbocycles. The summed E-state index contributed by atoms with van der Waals surface area (Å²) >= 11 is 0. The molecule has 7 atom stereocenters. The summed E-state index contributed by atoms with van der Waals surface area (Å²) in [4.78, 5) is 0. The monoisotopic (exact) mass is 358 g/mol. The van der Waals surface area contributed by atoms with E-state index in [4.69, 9.17) is 33.2 Å². The molecule has 0 radical (unpaired) electrons. The van der Waals surface area contributed by atoms with Crippen LogP contribution >= 0.6 is 0 Å².